The molecule has 6 heteroatoms. The number of rotatable bonds is 4. The van der Waals surface area contributed by atoms with Crippen LogP contribution in [0.5, 0.6) is 0 Å². The maximum Gasteiger partial charge on any atom is 0.340 e. The molecule has 0 unspecified atom stereocenters. The number of hydrogen-bond acceptors (Lipinski definition) is 4. The van der Waals surface area contributed by atoms with E-state index in [1.54, 1.807) is 6.92 Å². The number of oxazole rings is 1. The summed E-state index contributed by atoms with van der Waals surface area (Å²) in [6.45, 7) is 3.79. The summed E-state index contributed by atoms with van der Waals surface area (Å²) >= 11 is 0. The van der Waals surface area contributed by atoms with E-state index < -0.39 is 11.8 Å². The van der Waals surface area contributed by atoms with E-state index >= 15 is 0 Å². The van der Waals surface area contributed by atoms with Crippen LogP contribution in [0.25, 0.3) is 0 Å². The lowest BCUT2D eigenvalue weighted by Gasteiger charge is -2.08. The maximum absolute atomic E-state index is 13.4. The summed E-state index contributed by atoms with van der Waals surface area (Å²) in [4.78, 5) is 15.1. The van der Waals surface area contributed by atoms with Gasteiger partial charge in [-0.3, -0.25) is 0 Å². The van der Waals surface area contributed by atoms with Crippen LogP contribution < -0.4 is 5.32 Å². The Morgan fingerprint density at radius 1 is 1.47 bits per heavy atom. The van der Waals surface area contributed by atoms with Crippen molar-refractivity contribution in [1.29, 1.82) is 0 Å². The molecule has 0 bridgehead atoms. The van der Waals surface area contributed by atoms with E-state index in [4.69, 9.17) is 9.52 Å². The van der Waals surface area contributed by atoms with E-state index in [-0.39, 0.29) is 17.8 Å². The number of aromatic carboxylic acids is 1. The van der Waals surface area contributed by atoms with Crippen molar-refractivity contribution in [2.45, 2.75) is 20.4 Å². The Morgan fingerprint density at radius 3 is 2.79 bits per heavy atom. The van der Waals surface area contributed by atoms with E-state index in [0.29, 0.717) is 11.7 Å². The van der Waals surface area contributed by atoms with Gasteiger partial charge in [0.2, 0.25) is 5.89 Å². The van der Waals surface area contributed by atoms with Crippen LogP contribution in [0.1, 0.15) is 27.7 Å². The topological polar surface area (TPSA) is 75.4 Å². The van der Waals surface area contributed by atoms with Crippen molar-refractivity contribution in [2.24, 2.45) is 0 Å². The van der Waals surface area contributed by atoms with Crippen LogP contribution in [0.3, 0.4) is 0 Å². The molecule has 1 heterocycles. The molecule has 0 aliphatic rings. The van der Waals surface area contributed by atoms with Gasteiger partial charge in [0, 0.05) is 0 Å². The summed E-state index contributed by atoms with van der Waals surface area (Å²) in [7, 11) is 0. The summed E-state index contributed by atoms with van der Waals surface area (Å²) in [6, 6.07) is 4.04. The van der Waals surface area contributed by atoms with Gasteiger partial charge < -0.3 is 14.8 Å². The Balaban J connectivity index is 2.20. The SMILES string of the molecule is Cc1nc(CNc2cccc(F)c2C(=O)O)oc1C. The molecule has 0 aliphatic heterocycles. The van der Waals surface area contributed by atoms with E-state index in [9.17, 15) is 9.18 Å². The predicted molar refractivity (Wildman–Crippen MR) is 66.7 cm³/mol. The first-order valence-corrected chi connectivity index (χ1v) is 5.67. The molecule has 0 atom stereocenters. The van der Waals surface area contributed by atoms with Crippen molar-refractivity contribution in [3.8, 4) is 0 Å². The molecule has 0 aliphatic carbocycles. The molecule has 0 saturated heterocycles. The molecule has 100 valence electrons. The lowest BCUT2D eigenvalue weighted by atomic mass is 10.1. The van der Waals surface area contributed by atoms with Gasteiger partial charge in [0.25, 0.3) is 0 Å². The third-order valence-corrected chi connectivity index (χ3v) is 2.73. The van der Waals surface area contributed by atoms with E-state index in [1.165, 1.54) is 12.1 Å². The van der Waals surface area contributed by atoms with Gasteiger partial charge in [-0.2, -0.15) is 0 Å². The minimum absolute atomic E-state index is 0.193. The largest absolute Gasteiger partial charge is 0.478 e. The zero-order chi connectivity index (χ0) is 14.0. The summed E-state index contributed by atoms with van der Waals surface area (Å²) in [6.07, 6.45) is 0. The Bertz CT molecular complexity index is 603. The van der Waals surface area contributed by atoms with Crippen molar-refractivity contribution in [3.63, 3.8) is 0 Å². The van der Waals surface area contributed by atoms with Gasteiger partial charge in [-0.05, 0) is 26.0 Å². The van der Waals surface area contributed by atoms with E-state index in [0.717, 1.165) is 11.8 Å². The van der Waals surface area contributed by atoms with E-state index in [2.05, 4.69) is 10.3 Å². The molecular weight excluding hydrogens is 251 g/mol. The number of benzene rings is 1. The van der Waals surface area contributed by atoms with Crippen LogP contribution in [0.4, 0.5) is 10.1 Å². The van der Waals surface area contributed by atoms with Crippen LogP contribution in [0.15, 0.2) is 22.6 Å². The fourth-order valence-corrected chi connectivity index (χ4v) is 1.67. The molecule has 19 heavy (non-hydrogen) atoms. The summed E-state index contributed by atoms with van der Waals surface area (Å²) in [5, 5.41) is 11.8. The number of halogens is 1. The molecule has 2 aromatic rings. The van der Waals surface area contributed by atoms with Crippen LogP contribution in [0.2, 0.25) is 0 Å². The Kier molecular flexibility index (Phi) is 3.50. The number of aryl methyl sites for hydroxylation is 2. The fourth-order valence-electron chi connectivity index (χ4n) is 1.67. The lowest BCUT2D eigenvalue weighted by Crippen LogP contribution is -2.08. The van der Waals surface area contributed by atoms with Crippen molar-refractivity contribution in [2.75, 3.05) is 5.32 Å². The third-order valence-electron chi connectivity index (χ3n) is 2.73. The molecule has 2 rings (SSSR count). The molecule has 5 nitrogen and oxygen atoms in total. The highest BCUT2D eigenvalue weighted by Gasteiger charge is 2.16. The average Bonchev–Trinajstić information content (AvgIpc) is 2.65. The number of carboxylic acids is 1. The zero-order valence-corrected chi connectivity index (χ0v) is 10.5. The highest BCUT2D eigenvalue weighted by atomic mass is 19.1. The average molecular weight is 264 g/mol. The molecule has 2 N–H and O–H groups in total. The maximum atomic E-state index is 13.4. The highest BCUT2D eigenvalue weighted by Crippen LogP contribution is 2.20. The van der Waals surface area contributed by atoms with Gasteiger partial charge in [0.1, 0.15) is 17.1 Å². The zero-order valence-electron chi connectivity index (χ0n) is 10.5. The molecule has 1 aromatic carbocycles. The summed E-state index contributed by atoms with van der Waals surface area (Å²) in [5.74, 6) is -0.970. The van der Waals surface area contributed by atoms with E-state index in [1.807, 2.05) is 6.92 Å². The monoisotopic (exact) mass is 264 g/mol. The van der Waals surface area contributed by atoms with Crippen LogP contribution in [-0.4, -0.2) is 16.1 Å². The van der Waals surface area contributed by atoms with Gasteiger partial charge in [0.15, 0.2) is 0 Å². The Morgan fingerprint density at radius 2 is 2.21 bits per heavy atom. The normalized spacial score (nSPS) is 10.5. The standard InChI is InChI=1S/C13H13FN2O3/c1-7-8(2)19-11(16-7)6-15-10-5-3-4-9(14)12(10)13(17)18/h3-5,15H,6H2,1-2H3,(H,17,18). The quantitative estimate of drug-likeness (QED) is 0.888. The van der Waals surface area contributed by atoms with Crippen LogP contribution >= 0.6 is 0 Å². The molecule has 0 radical (unpaired) electrons. The van der Waals surface area contributed by atoms with Gasteiger partial charge >= 0.3 is 5.97 Å². The summed E-state index contributed by atoms with van der Waals surface area (Å²) < 4.78 is 18.8. The lowest BCUT2D eigenvalue weighted by molar-refractivity contribution is 0.0693. The van der Waals surface area contributed by atoms with Crippen molar-refractivity contribution in [1.82, 2.24) is 4.98 Å². The number of nitrogens with zero attached hydrogens (tertiary/aromatic N) is 1. The van der Waals surface area contributed by atoms with Crippen molar-refractivity contribution in [3.05, 3.63) is 46.9 Å². The van der Waals surface area contributed by atoms with Gasteiger partial charge in [-0.1, -0.05) is 6.07 Å². The first-order valence-electron chi connectivity index (χ1n) is 5.67. The van der Waals surface area contributed by atoms with Crippen LogP contribution in [-0.2, 0) is 6.54 Å². The number of carbonyl (C=O) groups is 1. The minimum atomic E-state index is -1.32. The summed E-state index contributed by atoms with van der Waals surface area (Å²) in [5.41, 5.74) is 0.581. The minimum Gasteiger partial charge on any atom is -0.478 e. The predicted octanol–water partition coefficient (Wildman–Crippen LogP) is 2.74. The second kappa shape index (κ2) is 5.09. The van der Waals surface area contributed by atoms with Crippen molar-refractivity contribution >= 4 is 11.7 Å². The van der Waals surface area contributed by atoms with Crippen molar-refractivity contribution < 1.29 is 18.7 Å². The molecule has 0 fully saturated rings. The molecule has 1 aromatic heterocycles. The van der Waals surface area contributed by atoms with Gasteiger partial charge in [0.05, 0.1) is 17.9 Å². The Labute approximate surface area is 109 Å². The smallest absolute Gasteiger partial charge is 0.340 e. The number of carboxylic acid groups (broad SMARTS) is 1. The molecular formula is C13H13FN2O3. The molecule has 0 saturated carbocycles. The Hall–Kier alpha value is -2.37. The van der Waals surface area contributed by atoms with Gasteiger partial charge in [-0.25, -0.2) is 14.2 Å². The fraction of sp³-hybridized carbons (Fsp3) is 0.231. The molecule has 0 amide bonds. The number of hydrogen-bond donors (Lipinski definition) is 2. The second-order valence-corrected chi connectivity index (χ2v) is 4.07. The number of nitrogens with one attached hydrogen (secondary N) is 1. The first kappa shape index (κ1) is 13.1. The first-order chi connectivity index (χ1) is 8.99. The third kappa shape index (κ3) is 2.73. The number of anilines is 1. The highest BCUT2D eigenvalue weighted by molar-refractivity contribution is 5.94. The number of aromatic nitrogens is 1. The van der Waals surface area contributed by atoms with Crippen LogP contribution in [0, 0.1) is 19.7 Å². The van der Waals surface area contributed by atoms with Gasteiger partial charge in [-0.15, -0.1) is 0 Å². The molecule has 0 spiro atoms. The second-order valence-electron chi connectivity index (χ2n) is 4.07.